The summed E-state index contributed by atoms with van der Waals surface area (Å²) in [4.78, 5) is 10.6. The highest BCUT2D eigenvalue weighted by Gasteiger charge is 1.97. The van der Waals surface area contributed by atoms with Crippen LogP contribution in [0.1, 0.15) is 10.4 Å². The summed E-state index contributed by atoms with van der Waals surface area (Å²) < 4.78 is 0. The lowest BCUT2D eigenvalue weighted by Crippen LogP contribution is -1.89. The molecular formula is C8H7O2. The van der Waals surface area contributed by atoms with Gasteiger partial charge >= 0.3 is 0 Å². The molecule has 0 amide bonds. The number of phenols is 1. The third kappa shape index (κ3) is 1.35. The van der Waals surface area contributed by atoms with Gasteiger partial charge in [-0.25, -0.2) is 0 Å². The fourth-order valence-corrected chi connectivity index (χ4v) is 0.679. The van der Waals surface area contributed by atoms with Crippen molar-refractivity contribution in [1.82, 2.24) is 0 Å². The zero-order chi connectivity index (χ0) is 7.56. The van der Waals surface area contributed by atoms with Gasteiger partial charge < -0.3 is 5.11 Å². The van der Waals surface area contributed by atoms with E-state index in [4.69, 9.17) is 5.11 Å². The molecule has 1 aromatic rings. The number of phenolic OH excluding ortho intramolecular Hbond substituents is 1. The first-order chi connectivity index (χ1) is 4.70. The standard InChI is InChI=1S/C8H7O2/c1-6(9)7-3-2-4-8(10)5-7/h2-5,10H,1H2. The minimum absolute atomic E-state index is 0.0921. The summed E-state index contributed by atoms with van der Waals surface area (Å²) in [5.74, 6) is -0.189. The molecule has 0 bridgehead atoms. The molecule has 0 aromatic heterocycles. The normalized spacial score (nSPS) is 9.30. The van der Waals surface area contributed by atoms with Crippen molar-refractivity contribution >= 4 is 5.78 Å². The van der Waals surface area contributed by atoms with Gasteiger partial charge in [0, 0.05) is 12.5 Å². The molecule has 0 saturated carbocycles. The maximum atomic E-state index is 10.6. The third-order valence-corrected chi connectivity index (χ3v) is 1.17. The maximum Gasteiger partial charge on any atom is 0.163 e. The predicted molar refractivity (Wildman–Crippen MR) is 37.8 cm³/mol. The molecule has 0 aliphatic rings. The lowest BCUT2D eigenvalue weighted by atomic mass is 10.1. The number of benzene rings is 1. The molecule has 0 unspecified atom stereocenters. The Morgan fingerprint density at radius 1 is 1.50 bits per heavy atom. The largest absolute Gasteiger partial charge is 0.508 e. The van der Waals surface area contributed by atoms with Crippen molar-refractivity contribution in [2.75, 3.05) is 0 Å². The SMILES string of the molecule is [CH2]C(=O)c1cccc(O)c1. The minimum atomic E-state index is -0.282. The topological polar surface area (TPSA) is 37.3 Å². The number of rotatable bonds is 1. The van der Waals surface area contributed by atoms with Crippen molar-refractivity contribution in [3.63, 3.8) is 0 Å². The van der Waals surface area contributed by atoms with Gasteiger partial charge in [0.25, 0.3) is 0 Å². The van der Waals surface area contributed by atoms with Gasteiger partial charge in [-0.15, -0.1) is 0 Å². The Morgan fingerprint density at radius 2 is 2.20 bits per heavy atom. The van der Waals surface area contributed by atoms with Gasteiger partial charge in [0.2, 0.25) is 0 Å². The first-order valence-electron chi connectivity index (χ1n) is 2.85. The number of Topliss-reactive ketones (excluding diaryl/α,β-unsaturated/α-hetero) is 1. The first kappa shape index (κ1) is 6.81. The second-order valence-corrected chi connectivity index (χ2v) is 1.97. The van der Waals surface area contributed by atoms with Crippen molar-refractivity contribution in [2.45, 2.75) is 0 Å². The Kier molecular flexibility index (Phi) is 1.71. The molecule has 0 aliphatic heterocycles. The number of aromatic hydroxyl groups is 1. The molecule has 0 saturated heterocycles. The van der Waals surface area contributed by atoms with E-state index < -0.39 is 0 Å². The van der Waals surface area contributed by atoms with E-state index in [1.165, 1.54) is 12.1 Å². The first-order valence-corrected chi connectivity index (χ1v) is 2.85. The van der Waals surface area contributed by atoms with Gasteiger partial charge in [0.15, 0.2) is 5.78 Å². The van der Waals surface area contributed by atoms with E-state index in [2.05, 4.69) is 6.92 Å². The van der Waals surface area contributed by atoms with Crippen LogP contribution < -0.4 is 0 Å². The summed E-state index contributed by atoms with van der Waals surface area (Å²) in [5.41, 5.74) is 0.431. The summed E-state index contributed by atoms with van der Waals surface area (Å²) >= 11 is 0. The molecule has 2 nitrogen and oxygen atoms in total. The van der Waals surface area contributed by atoms with Gasteiger partial charge in [-0.05, 0) is 12.1 Å². The molecule has 0 atom stereocenters. The van der Waals surface area contributed by atoms with Gasteiger partial charge in [-0.3, -0.25) is 4.79 Å². The van der Waals surface area contributed by atoms with E-state index in [-0.39, 0.29) is 11.5 Å². The Hall–Kier alpha value is -1.31. The van der Waals surface area contributed by atoms with E-state index in [1.807, 2.05) is 0 Å². The highest BCUT2D eigenvalue weighted by atomic mass is 16.3. The summed E-state index contributed by atoms with van der Waals surface area (Å²) in [6.07, 6.45) is 0. The lowest BCUT2D eigenvalue weighted by molar-refractivity contribution is 0.104. The molecule has 0 spiro atoms. The number of ketones is 1. The Balaban J connectivity index is 3.07. The molecule has 10 heavy (non-hydrogen) atoms. The molecule has 51 valence electrons. The fraction of sp³-hybridized carbons (Fsp3) is 0. The molecular weight excluding hydrogens is 128 g/mol. The second kappa shape index (κ2) is 2.52. The van der Waals surface area contributed by atoms with Crippen LogP contribution in [0.2, 0.25) is 0 Å². The average molecular weight is 135 g/mol. The van der Waals surface area contributed by atoms with Crippen LogP contribution in [0.4, 0.5) is 0 Å². The van der Waals surface area contributed by atoms with Gasteiger partial charge in [0.1, 0.15) is 5.75 Å². The Bertz CT molecular complexity index is 253. The predicted octanol–water partition coefficient (Wildman–Crippen LogP) is 1.41. The van der Waals surface area contributed by atoms with Crippen molar-refractivity contribution in [3.8, 4) is 5.75 Å². The van der Waals surface area contributed by atoms with Crippen molar-refractivity contribution in [3.05, 3.63) is 36.8 Å². The monoisotopic (exact) mass is 135 g/mol. The Labute approximate surface area is 59.1 Å². The third-order valence-electron chi connectivity index (χ3n) is 1.17. The summed E-state index contributed by atoms with van der Waals surface area (Å²) in [5, 5.41) is 8.88. The van der Waals surface area contributed by atoms with Crippen LogP contribution in [0.15, 0.2) is 24.3 Å². The number of carbonyl (C=O) groups excluding carboxylic acids is 1. The quantitative estimate of drug-likeness (QED) is 0.591. The van der Waals surface area contributed by atoms with E-state index in [9.17, 15) is 4.79 Å². The average Bonchev–Trinajstić information content (AvgIpc) is 1.88. The van der Waals surface area contributed by atoms with Gasteiger partial charge in [-0.2, -0.15) is 0 Å². The molecule has 1 rings (SSSR count). The number of carbonyl (C=O) groups is 1. The zero-order valence-corrected chi connectivity index (χ0v) is 5.37. The van der Waals surface area contributed by atoms with Gasteiger partial charge in [-0.1, -0.05) is 12.1 Å². The summed E-state index contributed by atoms with van der Waals surface area (Å²) in [6, 6.07) is 6.10. The fourth-order valence-electron chi connectivity index (χ4n) is 0.679. The van der Waals surface area contributed by atoms with Crippen LogP contribution in [-0.4, -0.2) is 10.9 Å². The summed E-state index contributed by atoms with van der Waals surface area (Å²) in [7, 11) is 0. The van der Waals surface area contributed by atoms with Crippen LogP contribution in [-0.2, 0) is 0 Å². The van der Waals surface area contributed by atoms with E-state index in [1.54, 1.807) is 12.1 Å². The zero-order valence-electron chi connectivity index (χ0n) is 5.37. The van der Waals surface area contributed by atoms with Crippen molar-refractivity contribution in [1.29, 1.82) is 0 Å². The van der Waals surface area contributed by atoms with Crippen molar-refractivity contribution < 1.29 is 9.90 Å². The molecule has 1 radical (unpaired) electrons. The minimum Gasteiger partial charge on any atom is -0.508 e. The van der Waals surface area contributed by atoms with Crippen molar-refractivity contribution in [2.24, 2.45) is 0 Å². The molecule has 0 heterocycles. The highest BCUT2D eigenvalue weighted by Crippen LogP contribution is 2.10. The number of hydrogen-bond donors (Lipinski definition) is 1. The van der Waals surface area contributed by atoms with Crippen LogP contribution in [0, 0.1) is 6.92 Å². The number of hydrogen-bond acceptors (Lipinski definition) is 2. The van der Waals surface area contributed by atoms with Gasteiger partial charge in [0.05, 0.1) is 0 Å². The van der Waals surface area contributed by atoms with E-state index in [0.29, 0.717) is 5.56 Å². The molecule has 1 aromatic carbocycles. The van der Waals surface area contributed by atoms with Crippen LogP contribution in [0.3, 0.4) is 0 Å². The molecule has 1 N–H and O–H groups in total. The highest BCUT2D eigenvalue weighted by molar-refractivity contribution is 5.99. The maximum absolute atomic E-state index is 10.6. The van der Waals surface area contributed by atoms with E-state index >= 15 is 0 Å². The summed E-state index contributed by atoms with van der Waals surface area (Å²) in [6.45, 7) is 3.20. The van der Waals surface area contributed by atoms with E-state index in [0.717, 1.165) is 0 Å². The molecule has 2 heteroatoms. The second-order valence-electron chi connectivity index (χ2n) is 1.97. The Morgan fingerprint density at radius 3 is 2.60 bits per heavy atom. The molecule has 0 fully saturated rings. The van der Waals surface area contributed by atoms with Crippen LogP contribution in [0.5, 0.6) is 5.75 Å². The lowest BCUT2D eigenvalue weighted by Gasteiger charge is -1.93. The smallest absolute Gasteiger partial charge is 0.163 e. The van der Waals surface area contributed by atoms with Crippen LogP contribution in [0.25, 0.3) is 0 Å². The van der Waals surface area contributed by atoms with Crippen LogP contribution >= 0.6 is 0 Å². The molecule has 0 aliphatic carbocycles.